The van der Waals surface area contributed by atoms with Crippen molar-refractivity contribution in [2.75, 3.05) is 0 Å². The molecule has 1 aliphatic carbocycles. The normalized spacial score (nSPS) is 23.1. The molecule has 1 saturated carbocycles. The van der Waals surface area contributed by atoms with Crippen molar-refractivity contribution in [2.45, 2.75) is 64.6 Å². The molecule has 0 aliphatic heterocycles. The fraction of sp³-hybridized carbons (Fsp3) is 0.647. The van der Waals surface area contributed by atoms with Crippen molar-refractivity contribution in [1.82, 2.24) is 15.6 Å². The molecule has 22 heavy (non-hydrogen) atoms. The van der Waals surface area contributed by atoms with Crippen LogP contribution in [0.5, 0.6) is 0 Å². The van der Waals surface area contributed by atoms with Gasteiger partial charge in [-0.1, -0.05) is 19.9 Å². The van der Waals surface area contributed by atoms with Gasteiger partial charge in [0.1, 0.15) is 0 Å². The third-order valence-corrected chi connectivity index (χ3v) is 4.33. The van der Waals surface area contributed by atoms with Crippen LogP contribution in [0.1, 0.15) is 56.8 Å². The van der Waals surface area contributed by atoms with Gasteiger partial charge >= 0.3 is 6.03 Å². The molecule has 1 heterocycles. The summed E-state index contributed by atoms with van der Waals surface area (Å²) in [5.74, 6) is 0.257. The summed E-state index contributed by atoms with van der Waals surface area (Å²) in [7, 11) is 0. The van der Waals surface area contributed by atoms with Gasteiger partial charge in [-0.3, -0.25) is 4.98 Å². The van der Waals surface area contributed by atoms with Crippen molar-refractivity contribution in [1.29, 1.82) is 0 Å². The first-order valence-corrected chi connectivity index (χ1v) is 8.14. The molecule has 1 aromatic rings. The standard InChI is InChI=1S/C17H27N3O2/c1-11(2)15(16-12(3)5-4-10-18-16)20-17(22)19-13-6-8-14(21)9-7-13/h4-5,10-11,13-15,21H,6-9H2,1-3H3,(H2,19,20,22). The number of rotatable bonds is 4. The maximum atomic E-state index is 12.3. The van der Waals surface area contributed by atoms with E-state index in [0.717, 1.165) is 36.9 Å². The molecule has 2 rings (SSSR count). The van der Waals surface area contributed by atoms with Gasteiger partial charge in [0, 0.05) is 12.2 Å². The largest absolute Gasteiger partial charge is 0.393 e. The summed E-state index contributed by atoms with van der Waals surface area (Å²) in [6.45, 7) is 6.17. The van der Waals surface area contributed by atoms with E-state index < -0.39 is 0 Å². The Hall–Kier alpha value is -1.62. The van der Waals surface area contributed by atoms with Crippen LogP contribution in [-0.2, 0) is 0 Å². The van der Waals surface area contributed by atoms with Crippen molar-refractivity contribution in [3.8, 4) is 0 Å². The summed E-state index contributed by atoms with van der Waals surface area (Å²) in [5, 5.41) is 15.6. The number of nitrogens with one attached hydrogen (secondary N) is 2. The first-order chi connectivity index (χ1) is 10.5. The Bertz CT molecular complexity index is 496. The number of carbonyl (C=O) groups excluding carboxylic acids is 1. The molecular formula is C17H27N3O2. The molecule has 1 atom stereocenters. The Kier molecular flexibility index (Phi) is 5.77. The number of aliphatic hydroxyl groups is 1. The lowest BCUT2D eigenvalue weighted by Gasteiger charge is -2.28. The third kappa shape index (κ3) is 4.44. The van der Waals surface area contributed by atoms with Crippen LogP contribution in [0.4, 0.5) is 4.79 Å². The number of hydrogen-bond donors (Lipinski definition) is 3. The van der Waals surface area contributed by atoms with Crippen LogP contribution in [-0.4, -0.2) is 28.3 Å². The quantitative estimate of drug-likeness (QED) is 0.800. The third-order valence-electron chi connectivity index (χ3n) is 4.33. The molecule has 5 nitrogen and oxygen atoms in total. The first-order valence-electron chi connectivity index (χ1n) is 8.14. The van der Waals surface area contributed by atoms with E-state index in [1.807, 2.05) is 19.1 Å². The number of aryl methyl sites for hydroxylation is 1. The van der Waals surface area contributed by atoms with Gasteiger partial charge in [0.15, 0.2) is 0 Å². The van der Waals surface area contributed by atoms with Crippen LogP contribution in [0.15, 0.2) is 18.3 Å². The van der Waals surface area contributed by atoms with Gasteiger partial charge in [-0.05, 0) is 50.2 Å². The Morgan fingerprint density at radius 1 is 1.32 bits per heavy atom. The predicted octanol–water partition coefficient (Wildman–Crippen LogP) is 2.69. The van der Waals surface area contributed by atoms with Crippen LogP contribution in [0.3, 0.4) is 0 Å². The maximum Gasteiger partial charge on any atom is 0.315 e. The molecule has 0 spiro atoms. The highest BCUT2D eigenvalue weighted by Gasteiger charge is 2.24. The van der Waals surface area contributed by atoms with Crippen molar-refractivity contribution < 1.29 is 9.90 Å². The topological polar surface area (TPSA) is 74.2 Å². The molecule has 0 aromatic carbocycles. The molecule has 0 radical (unpaired) electrons. The van der Waals surface area contributed by atoms with E-state index in [-0.39, 0.29) is 30.1 Å². The highest BCUT2D eigenvalue weighted by Crippen LogP contribution is 2.23. The molecule has 1 aliphatic rings. The second-order valence-electron chi connectivity index (χ2n) is 6.55. The van der Waals surface area contributed by atoms with E-state index in [4.69, 9.17) is 0 Å². The number of hydrogen-bond acceptors (Lipinski definition) is 3. The zero-order valence-electron chi connectivity index (χ0n) is 13.7. The lowest BCUT2D eigenvalue weighted by Crippen LogP contribution is -2.46. The fourth-order valence-corrected chi connectivity index (χ4v) is 2.96. The van der Waals surface area contributed by atoms with Crippen LogP contribution in [0.25, 0.3) is 0 Å². The van der Waals surface area contributed by atoms with E-state index in [1.165, 1.54) is 0 Å². The number of nitrogens with zero attached hydrogens (tertiary/aromatic N) is 1. The minimum atomic E-state index is -0.208. The minimum Gasteiger partial charge on any atom is -0.393 e. The Morgan fingerprint density at radius 3 is 2.59 bits per heavy atom. The fourth-order valence-electron chi connectivity index (χ4n) is 2.96. The number of pyridine rings is 1. The predicted molar refractivity (Wildman–Crippen MR) is 86.5 cm³/mol. The van der Waals surface area contributed by atoms with Crippen molar-refractivity contribution in [2.24, 2.45) is 5.92 Å². The number of aromatic nitrogens is 1. The summed E-state index contributed by atoms with van der Waals surface area (Å²) in [6, 6.07) is 3.82. The van der Waals surface area contributed by atoms with Crippen molar-refractivity contribution in [3.63, 3.8) is 0 Å². The molecule has 1 aromatic heterocycles. The number of aliphatic hydroxyl groups excluding tert-OH is 1. The highest BCUT2D eigenvalue weighted by atomic mass is 16.3. The van der Waals surface area contributed by atoms with Crippen molar-refractivity contribution in [3.05, 3.63) is 29.6 Å². The number of urea groups is 1. The van der Waals surface area contributed by atoms with E-state index in [2.05, 4.69) is 29.5 Å². The summed E-state index contributed by atoms with van der Waals surface area (Å²) >= 11 is 0. The number of amides is 2. The van der Waals surface area contributed by atoms with E-state index in [1.54, 1.807) is 6.20 Å². The SMILES string of the molecule is Cc1cccnc1C(NC(=O)NC1CCC(O)CC1)C(C)C. The zero-order chi connectivity index (χ0) is 16.1. The number of carbonyl (C=O) groups is 1. The summed E-state index contributed by atoms with van der Waals surface area (Å²) in [5.41, 5.74) is 2.01. The Labute approximate surface area is 132 Å². The van der Waals surface area contributed by atoms with E-state index in [0.29, 0.717) is 0 Å². The van der Waals surface area contributed by atoms with Gasteiger partial charge in [0.25, 0.3) is 0 Å². The van der Waals surface area contributed by atoms with E-state index >= 15 is 0 Å². The smallest absolute Gasteiger partial charge is 0.315 e. The molecule has 2 amide bonds. The van der Waals surface area contributed by atoms with Crippen molar-refractivity contribution >= 4 is 6.03 Å². The zero-order valence-corrected chi connectivity index (χ0v) is 13.7. The maximum absolute atomic E-state index is 12.3. The van der Waals surface area contributed by atoms with Crippen LogP contribution in [0, 0.1) is 12.8 Å². The minimum absolute atomic E-state index is 0.101. The second-order valence-corrected chi connectivity index (χ2v) is 6.55. The molecular weight excluding hydrogens is 278 g/mol. The van der Waals surface area contributed by atoms with Gasteiger partial charge in [0.05, 0.1) is 17.8 Å². The molecule has 1 unspecified atom stereocenters. The first kappa shape index (κ1) is 16.7. The lowest BCUT2D eigenvalue weighted by atomic mass is 9.93. The summed E-state index contributed by atoms with van der Waals surface area (Å²) in [6.07, 6.45) is 4.75. The Morgan fingerprint density at radius 2 is 2.00 bits per heavy atom. The lowest BCUT2D eigenvalue weighted by molar-refractivity contribution is 0.117. The van der Waals surface area contributed by atoms with Gasteiger partial charge in [0.2, 0.25) is 0 Å². The average Bonchev–Trinajstić information content (AvgIpc) is 2.48. The summed E-state index contributed by atoms with van der Waals surface area (Å²) in [4.78, 5) is 16.7. The molecule has 0 saturated heterocycles. The highest BCUT2D eigenvalue weighted by molar-refractivity contribution is 5.74. The Balaban J connectivity index is 1.96. The van der Waals surface area contributed by atoms with Gasteiger partial charge < -0.3 is 15.7 Å². The summed E-state index contributed by atoms with van der Waals surface area (Å²) < 4.78 is 0. The van der Waals surface area contributed by atoms with Crippen LogP contribution in [0.2, 0.25) is 0 Å². The second kappa shape index (κ2) is 7.58. The monoisotopic (exact) mass is 305 g/mol. The molecule has 3 N–H and O–H groups in total. The van der Waals surface area contributed by atoms with E-state index in [9.17, 15) is 9.90 Å². The van der Waals surface area contributed by atoms with Gasteiger partial charge in [-0.15, -0.1) is 0 Å². The van der Waals surface area contributed by atoms with Crippen LogP contribution < -0.4 is 10.6 Å². The molecule has 122 valence electrons. The molecule has 0 bridgehead atoms. The van der Waals surface area contributed by atoms with Gasteiger partial charge in [-0.2, -0.15) is 0 Å². The van der Waals surface area contributed by atoms with Crippen LogP contribution >= 0.6 is 0 Å². The molecule has 1 fully saturated rings. The molecule has 5 heteroatoms. The van der Waals surface area contributed by atoms with Gasteiger partial charge in [-0.25, -0.2) is 4.79 Å². The average molecular weight is 305 g/mol.